The topological polar surface area (TPSA) is 46.2 Å². The van der Waals surface area contributed by atoms with E-state index in [1.807, 2.05) is 13.8 Å². The first-order valence-electron chi connectivity index (χ1n) is 5.61. The first-order chi connectivity index (χ1) is 7.89. The van der Waals surface area contributed by atoms with Gasteiger partial charge in [-0.3, -0.25) is 0 Å². The highest BCUT2D eigenvalue weighted by Gasteiger charge is 2.10. The van der Waals surface area contributed by atoms with Crippen molar-refractivity contribution in [3.05, 3.63) is 35.6 Å². The van der Waals surface area contributed by atoms with E-state index in [4.69, 9.17) is 0 Å². The second-order valence-electron chi connectivity index (χ2n) is 4.45. The molecule has 17 heavy (non-hydrogen) atoms. The lowest BCUT2D eigenvalue weighted by Gasteiger charge is -2.08. The standard InChI is InChI=1S/C12H18FNO2S/c1-10(2)7-8-17(15,16)14-9-11-3-5-12(13)6-4-11/h3-6,10,14H,7-9H2,1-2H3. The zero-order valence-electron chi connectivity index (χ0n) is 10.1. The van der Waals surface area contributed by atoms with E-state index in [0.29, 0.717) is 12.3 Å². The summed E-state index contributed by atoms with van der Waals surface area (Å²) < 4.78 is 38.3. The van der Waals surface area contributed by atoms with Crippen LogP contribution in [0.2, 0.25) is 0 Å². The van der Waals surface area contributed by atoms with Gasteiger partial charge in [0.15, 0.2) is 0 Å². The Morgan fingerprint density at radius 2 is 1.82 bits per heavy atom. The van der Waals surface area contributed by atoms with E-state index in [0.717, 1.165) is 5.56 Å². The van der Waals surface area contributed by atoms with Gasteiger partial charge >= 0.3 is 0 Å². The molecule has 0 aliphatic rings. The van der Waals surface area contributed by atoms with Crippen LogP contribution in [0.4, 0.5) is 4.39 Å². The molecule has 0 saturated heterocycles. The summed E-state index contributed by atoms with van der Waals surface area (Å²) in [7, 11) is -3.23. The molecule has 0 aliphatic heterocycles. The fourth-order valence-electron chi connectivity index (χ4n) is 1.26. The third-order valence-corrected chi connectivity index (χ3v) is 3.73. The predicted molar refractivity (Wildman–Crippen MR) is 66.5 cm³/mol. The lowest BCUT2D eigenvalue weighted by Crippen LogP contribution is -2.26. The molecule has 0 heterocycles. The van der Waals surface area contributed by atoms with Crippen LogP contribution < -0.4 is 4.72 Å². The van der Waals surface area contributed by atoms with Crippen molar-refractivity contribution in [3.8, 4) is 0 Å². The minimum absolute atomic E-state index is 0.131. The van der Waals surface area contributed by atoms with E-state index in [1.165, 1.54) is 12.1 Å². The van der Waals surface area contributed by atoms with Gasteiger partial charge in [0.2, 0.25) is 10.0 Å². The Morgan fingerprint density at radius 1 is 1.24 bits per heavy atom. The zero-order valence-corrected chi connectivity index (χ0v) is 10.9. The summed E-state index contributed by atoms with van der Waals surface area (Å²) in [5.41, 5.74) is 0.750. The highest BCUT2D eigenvalue weighted by Crippen LogP contribution is 2.05. The molecule has 0 aromatic heterocycles. The molecule has 0 radical (unpaired) electrons. The first kappa shape index (κ1) is 14.1. The van der Waals surface area contributed by atoms with Crippen molar-refractivity contribution in [3.63, 3.8) is 0 Å². The number of rotatable bonds is 6. The van der Waals surface area contributed by atoms with Gasteiger partial charge in [-0.05, 0) is 30.0 Å². The average molecular weight is 259 g/mol. The summed E-state index contributed by atoms with van der Waals surface area (Å²) in [4.78, 5) is 0. The number of halogens is 1. The number of sulfonamides is 1. The fourth-order valence-corrected chi connectivity index (χ4v) is 2.57. The van der Waals surface area contributed by atoms with Crippen molar-refractivity contribution in [2.24, 2.45) is 5.92 Å². The van der Waals surface area contributed by atoms with Crippen LogP contribution in [-0.2, 0) is 16.6 Å². The van der Waals surface area contributed by atoms with Crippen molar-refractivity contribution < 1.29 is 12.8 Å². The highest BCUT2D eigenvalue weighted by atomic mass is 32.2. The van der Waals surface area contributed by atoms with Gasteiger partial charge in [-0.2, -0.15) is 0 Å². The van der Waals surface area contributed by atoms with E-state index in [-0.39, 0.29) is 18.1 Å². The number of benzene rings is 1. The van der Waals surface area contributed by atoms with Gasteiger partial charge < -0.3 is 0 Å². The van der Waals surface area contributed by atoms with Crippen molar-refractivity contribution >= 4 is 10.0 Å². The molecule has 0 atom stereocenters. The summed E-state index contributed by atoms with van der Waals surface area (Å²) in [5, 5.41) is 0. The molecular formula is C12H18FNO2S. The first-order valence-corrected chi connectivity index (χ1v) is 7.26. The van der Waals surface area contributed by atoms with Crippen LogP contribution in [0.5, 0.6) is 0 Å². The third kappa shape index (κ3) is 5.79. The predicted octanol–water partition coefficient (Wildman–Crippen LogP) is 2.29. The molecule has 0 aliphatic carbocycles. The molecule has 1 rings (SSSR count). The van der Waals surface area contributed by atoms with Crippen LogP contribution in [0.1, 0.15) is 25.8 Å². The van der Waals surface area contributed by atoms with Gasteiger partial charge in [0.25, 0.3) is 0 Å². The second kappa shape index (κ2) is 6.12. The Kier molecular flexibility index (Phi) is 5.08. The van der Waals surface area contributed by atoms with Crippen molar-refractivity contribution in [2.75, 3.05) is 5.75 Å². The maximum Gasteiger partial charge on any atom is 0.211 e. The van der Waals surface area contributed by atoms with Crippen LogP contribution in [0.15, 0.2) is 24.3 Å². The van der Waals surface area contributed by atoms with Crippen molar-refractivity contribution in [2.45, 2.75) is 26.8 Å². The van der Waals surface area contributed by atoms with Crippen molar-refractivity contribution in [1.82, 2.24) is 4.72 Å². The smallest absolute Gasteiger partial charge is 0.211 e. The molecule has 96 valence electrons. The minimum atomic E-state index is -3.23. The normalized spacial score (nSPS) is 12.0. The average Bonchev–Trinajstić information content (AvgIpc) is 2.26. The minimum Gasteiger partial charge on any atom is -0.212 e. The highest BCUT2D eigenvalue weighted by molar-refractivity contribution is 7.89. The SMILES string of the molecule is CC(C)CCS(=O)(=O)NCc1ccc(F)cc1. The quantitative estimate of drug-likeness (QED) is 0.852. The van der Waals surface area contributed by atoms with E-state index < -0.39 is 10.0 Å². The molecule has 0 spiro atoms. The molecule has 0 unspecified atom stereocenters. The molecule has 5 heteroatoms. The molecule has 0 fully saturated rings. The maximum atomic E-state index is 12.6. The van der Waals surface area contributed by atoms with Crippen molar-refractivity contribution in [1.29, 1.82) is 0 Å². The summed E-state index contributed by atoms with van der Waals surface area (Å²) in [6, 6.07) is 5.77. The van der Waals surface area contributed by atoms with E-state index in [2.05, 4.69) is 4.72 Å². The molecule has 3 nitrogen and oxygen atoms in total. The fraction of sp³-hybridized carbons (Fsp3) is 0.500. The van der Waals surface area contributed by atoms with Crippen LogP contribution >= 0.6 is 0 Å². The van der Waals surface area contributed by atoms with Crippen LogP contribution in [-0.4, -0.2) is 14.2 Å². The second-order valence-corrected chi connectivity index (χ2v) is 6.38. The lowest BCUT2D eigenvalue weighted by molar-refractivity contribution is 0.561. The van der Waals surface area contributed by atoms with E-state index in [9.17, 15) is 12.8 Å². The Labute approximate surface area is 102 Å². The van der Waals surface area contributed by atoms with Gasteiger partial charge in [0.1, 0.15) is 5.82 Å². The number of hydrogen-bond acceptors (Lipinski definition) is 2. The number of nitrogens with one attached hydrogen (secondary N) is 1. The number of hydrogen-bond donors (Lipinski definition) is 1. The van der Waals surface area contributed by atoms with E-state index >= 15 is 0 Å². The Balaban J connectivity index is 2.47. The zero-order chi connectivity index (χ0) is 12.9. The molecule has 0 amide bonds. The van der Waals surface area contributed by atoms with Gasteiger partial charge in [-0.25, -0.2) is 17.5 Å². The lowest BCUT2D eigenvalue weighted by atomic mass is 10.2. The summed E-state index contributed by atoms with van der Waals surface area (Å²) in [6.45, 7) is 4.17. The summed E-state index contributed by atoms with van der Waals surface area (Å²) >= 11 is 0. The largest absolute Gasteiger partial charge is 0.212 e. The summed E-state index contributed by atoms with van der Waals surface area (Å²) in [5.74, 6) is 0.167. The van der Waals surface area contributed by atoms with Gasteiger partial charge in [-0.15, -0.1) is 0 Å². The summed E-state index contributed by atoms with van der Waals surface area (Å²) in [6.07, 6.45) is 0.638. The Bertz CT molecular complexity index is 440. The molecule has 0 bridgehead atoms. The van der Waals surface area contributed by atoms with Crippen LogP contribution in [0.3, 0.4) is 0 Å². The maximum absolute atomic E-state index is 12.6. The molecule has 1 aromatic carbocycles. The molecule has 1 N–H and O–H groups in total. The van der Waals surface area contributed by atoms with E-state index in [1.54, 1.807) is 12.1 Å². The van der Waals surface area contributed by atoms with Gasteiger partial charge in [-0.1, -0.05) is 26.0 Å². The Morgan fingerprint density at radius 3 is 2.35 bits per heavy atom. The van der Waals surface area contributed by atoms with Crippen LogP contribution in [0.25, 0.3) is 0 Å². The monoisotopic (exact) mass is 259 g/mol. The molecular weight excluding hydrogens is 241 g/mol. The Hall–Kier alpha value is -0.940. The van der Waals surface area contributed by atoms with Gasteiger partial charge in [0.05, 0.1) is 5.75 Å². The molecule has 0 saturated carbocycles. The third-order valence-electron chi connectivity index (χ3n) is 2.37. The van der Waals surface area contributed by atoms with Gasteiger partial charge in [0, 0.05) is 6.54 Å². The molecule has 1 aromatic rings. The van der Waals surface area contributed by atoms with Crippen LogP contribution in [0, 0.1) is 11.7 Å².